The van der Waals surface area contributed by atoms with Crippen LogP contribution in [0.2, 0.25) is 0 Å². The molecular formula is C29H26ClFN6O4. The number of aliphatic imine (C=N–C) groups is 1. The molecule has 4 aliphatic rings. The van der Waals surface area contributed by atoms with Crippen molar-refractivity contribution in [2.75, 3.05) is 37.7 Å². The number of ketones is 1. The minimum absolute atomic E-state index is 0. The summed E-state index contributed by atoms with van der Waals surface area (Å²) in [5.41, 5.74) is 2.98. The van der Waals surface area contributed by atoms with Gasteiger partial charge in [-0.05, 0) is 29.8 Å². The number of hydrogen-bond acceptors (Lipinski definition) is 8. The van der Waals surface area contributed by atoms with Crippen LogP contribution in [0.3, 0.4) is 0 Å². The lowest BCUT2D eigenvalue weighted by molar-refractivity contribution is -0.123. The molecule has 0 radical (unpaired) electrons. The zero-order valence-electron chi connectivity index (χ0n) is 21.9. The number of amides is 2. The predicted octanol–water partition coefficient (Wildman–Crippen LogP) is 2.30. The highest BCUT2D eigenvalue weighted by atomic mass is 35.5. The molecule has 1 fully saturated rings. The monoisotopic (exact) mass is 576 g/mol. The number of imidazole rings is 1. The van der Waals surface area contributed by atoms with Crippen LogP contribution < -0.4 is 10.2 Å². The first-order valence-electron chi connectivity index (χ1n) is 13.2. The molecule has 41 heavy (non-hydrogen) atoms. The van der Waals surface area contributed by atoms with Gasteiger partial charge in [0.2, 0.25) is 0 Å². The number of ether oxygens (including phenoxy) is 1. The predicted molar refractivity (Wildman–Crippen MR) is 151 cm³/mol. The highest BCUT2D eigenvalue weighted by Crippen LogP contribution is 2.41. The minimum Gasteiger partial charge on any atom is -0.379 e. The van der Waals surface area contributed by atoms with Gasteiger partial charge in [0, 0.05) is 56.6 Å². The molecule has 1 atom stereocenters. The van der Waals surface area contributed by atoms with Gasteiger partial charge in [-0.15, -0.1) is 12.4 Å². The lowest BCUT2D eigenvalue weighted by Crippen LogP contribution is -2.40. The molecule has 1 N–H and O–H groups in total. The standard InChI is InChI=1S/C29H25FN6O4.ClH/c30-18-13-17-14-20(22(37)4-7-34-9-11-40-12-10-34)36-8-5-31-26(19(15-18)27(17)36)25-24(28(38)33-29(25)39)21-16-32-23-3-1-2-6-35(21)23;/h1-3,5-6,8,13,15-16,20H,4,7,9-12,14H2,(H,33,38,39);1H. The third-order valence-corrected chi connectivity index (χ3v) is 7.84. The fourth-order valence-electron chi connectivity index (χ4n) is 5.96. The topological polar surface area (TPSA) is 109 Å². The van der Waals surface area contributed by atoms with Crippen molar-refractivity contribution in [3.63, 3.8) is 0 Å². The molecule has 0 bridgehead atoms. The Morgan fingerprint density at radius 2 is 1.93 bits per heavy atom. The Morgan fingerprint density at radius 3 is 2.76 bits per heavy atom. The summed E-state index contributed by atoms with van der Waals surface area (Å²) >= 11 is 0. The lowest BCUT2D eigenvalue weighted by Gasteiger charge is -2.28. The second kappa shape index (κ2) is 10.7. The second-order valence-corrected chi connectivity index (χ2v) is 10.1. The average molecular weight is 577 g/mol. The molecule has 2 aromatic heterocycles. The number of nitrogens with one attached hydrogen (secondary N) is 1. The Hall–Kier alpha value is -4.19. The Bertz CT molecular complexity index is 1690. The highest BCUT2D eigenvalue weighted by Gasteiger charge is 2.41. The van der Waals surface area contributed by atoms with Crippen molar-refractivity contribution in [2.45, 2.75) is 18.9 Å². The van der Waals surface area contributed by atoms with Crippen LogP contribution in [0.25, 0.3) is 11.2 Å². The van der Waals surface area contributed by atoms with Crippen LogP contribution in [0.5, 0.6) is 0 Å². The van der Waals surface area contributed by atoms with Crippen molar-refractivity contribution in [2.24, 2.45) is 4.99 Å². The third-order valence-electron chi connectivity index (χ3n) is 7.84. The quantitative estimate of drug-likeness (QED) is 0.449. The van der Waals surface area contributed by atoms with Crippen LogP contribution in [-0.4, -0.2) is 76.5 Å². The molecule has 210 valence electrons. The van der Waals surface area contributed by atoms with E-state index in [1.54, 1.807) is 28.9 Å². The first-order chi connectivity index (χ1) is 19.5. The molecule has 2 amide bonds. The van der Waals surface area contributed by atoms with Crippen molar-refractivity contribution in [1.82, 2.24) is 19.6 Å². The van der Waals surface area contributed by atoms with Crippen LogP contribution in [-0.2, 0) is 25.5 Å². The van der Waals surface area contributed by atoms with E-state index < -0.39 is 23.7 Å². The van der Waals surface area contributed by atoms with Crippen LogP contribution in [0.4, 0.5) is 10.1 Å². The average Bonchev–Trinajstić information content (AvgIpc) is 3.58. The van der Waals surface area contributed by atoms with Crippen molar-refractivity contribution in [3.8, 4) is 0 Å². The molecular weight excluding hydrogens is 551 g/mol. The van der Waals surface area contributed by atoms with Gasteiger partial charge in [0.05, 0.1) is 53.7 Å². The molecule has 12 heteroatoms. The molecule has 1 saturated heterocycles. The summed E-state index contributed by atoms with van der Waals surface area (Å²) in [7, 11) is 0. The maximum absolute atomic E-state index is 15.0. The summed E-state index contributed by atoms with van der Waals surface area (Å²) in [4.78, 5) is 52.7. The van der Waals surface area contributed by atoms with Crippen molar-refractivity contribution in [3.05, 3.63) is 83.3 Å². The zero-order valence-corrected chi connectivity index (χ0v) is 22.7. The van der Waals surface area contributed by atoms with Gasteiger partial charge >= 0.3 is 0 Å². The van der Waals surface area contributed by atoms with Gasteiger partial charge in [-0.1, -0.05) is 6.07 Å². The Labute approximate surface area is 240 Å². The van der Waals surface area contributed by atoms with Gasteiger partial charge in [0.25, 0.3) is 11.8 Å². The van der Waals surface area contributed by atoms with Crippen molar-refractivity contribution >= 4 is 52.6 Å². The number of Topliss-reactive ketones (excluding diaryl/α,β-unsaturated/α-hetero) is 1. The van der Waals surface area contributed by atoms with Gasteiger partial charge < -0.3 is 9.64 Å². The number of morpholine rings is 1. The molecule has 1 unspecified atom stereocenters. The largest absolute Gasteiger partial charge is 0.379 e. The number of fused-ring (bicyclic) bond motifs is 1. The third kappa shape index (κ3) is 4.55. The summed E-state index contributed by atoms with van der Waals surface area (Å²) in [5.74, 6) is -1.67. The molecule has 0 saturated carbocycles. The first kappa shape index (κ1) is 27.0. The maximum atomic E-state index is 15.0. The summed E-state index contributed by atoms with van der Waals surface area (Å²) < 4.78 is 22.1. The Morgan fingerprint density at radius 1 is 1.12 bits per heavy atom. The molecule has 3 aromatic rings. The fourth-order valence-corrected chi connectivity index (χ4v) is 5.96. The number of nitrogens with zero attached hydrogens (tertiary/aromatic N) is 5. The molecule has 7 rings (SSSR count). The Kier molecular flexibility index (Phi) is 7.02. The van der Waals surface area contributed by atoms with E-state index in [1.807, 2.05) is 11.0 Å². The van der Waals surface area contributed by atoms with E-state index in [2.05, 4.69) is 20.2 Å². The van der Waals surface area contributed by atoms with E-state index in [-0.39, 0.29) is 35.0 Å². The minimum atomic E-state index is -0.624. The zero-order chi connectivity index (χ0) is 27.4. The number of hydrogen-bond donors (Lipinski definition) is 1. The van der Waals surface area contributed by atoms with E-state index in [0.717, 1.165) is 13.1 Å². The molecule has 1 aromatic carbocycles. The highest BCUT2D eigenvalue weighted by molar-refractivity contribution is 6.47. The summed E-state index contributed by atoms with van der Waals surface area (Å²) in [6.45, 7) is 3.53. The number of anilines is 1. The van der Waals surface area contributed by atoms with E-state index in [1.165, 1.54) is 24.5 Å². The maximum Gasteiger partial charge on any atom is 0.261 e. The summed E-state index contributed by atoms with van der Waals surface area (Å²) in [6.07, 6.45) is 7.17. The van der Waals surface area contributed by atoms with Gasteiger partial charge in [0.15, 0.2) is 5.78 Å². The normalized spacial score (nSPS) is 20.2. The molecule has 0 spiro atoms. The lowest BCUT2D eigenvalue weighted by atomic mass is 9.94. The van der Waals surface area contributed by atoms with E-state index in [4.69, 9.17) is 4.74 Å². The number of pyridine rings is 1. The SMILES string of the molecule is Cl.O=C1NC(=O)C(c2cnc3ccccn23)=C1C1=NC=CN2c3c(cc(F)cc31)CC2C(=O)CCN1CCOCC1. The fraction of sp³-hybridized carbons (Fsp3) is 0.276. The van der Waals surface area contributed by atoms with Crippen LogP contribution in [0.1, 0.15) is 23.2 Å². The number of aromatic nitrogens is 2. The number of imide groups is 1. The van der Waals surface area contributed by atoms with E-state index in [9.17, 15) is 14.4 Å². The number of rotatable bonds is 6. The second-order valence-electron chi connectivity index (χ2n) is 10.1. The smallest absolute Gasteiger partial charge is 0.261 e. The number of halogens is 2. The number of benzene rings is 1. The molecule has 10 nitrogen and oxygen atoms in total. The van der Waals surface area contributed by atoms with Crippen molar-refractivity contribution < 1.29 is 23.5 Å². The van der Waals surface area contributed by atoms with Gasteiger partial charge in [-0.3, -0.25) is 34.0 Å². The van der Waals surface area contributed by atoms with Gasteiger partial charge in [-0.2, -0.15) is 0 Å². The summed E-state index contributed by atoms with van der Waals surface area (Å²) in [6, 6.07) is 7.63. The van der Waals surface area contributed by atoms with Crippen LogP contribution >= 0.6 is 12.4 Å². The van der Waals surface area contributed by atoms with Crippen molar-refractivity contribution in [1.29, 1.82) is 0 Å². The number of carbonyl (C=O) groups is 3. The van der Waals surface area contributed by atoms with Gasteiger partial charge in [0.1, 0.15) is 11.5 Å². The molecule has 6 heterocycles. The van der Waals surface area contributed by atoms with E-state index >= 15 is 4.39 Å². The van der Waals surface area contributed by atoms with Gasteiger partial charge in [-0.25, -0.2) is 9.37 Å². The van der Waals surface area contributed by atoms with E-state index in [0.29, 0.717) is 60.8 Å². The summed E-state index contributed by atoms with van der Waals surface area (Å²) in [5, 5.41) is 2.38. The van der Waals surface area contributed by atoms with Crippen LogP contribution in [0.15, 0.2) is 65.7 Å². The first-order valence-corrected chi connectivity index (χ1v) is 13.2. The van der Waals surface area contributed by atoms with Crippen LogP contribution in [0, 0.1) is 5.82 Å². The molecule has 0 aliphatic carbocycles. The number of carbonyl (C=O) groups excluding carboxylic acids is 3. The molecule has 4 aliphatic heterocycles. The Balaban J connectivity index is 0.00000302.